The highest BCUT2D eigenvalue weighted by molar-refractivity contribution is 9.10. The van der Waals surface area contributed by atoms with Crippen molar-refractivity contribution in [3.8, 4) is 0 Å². The SMILES string of the molecule is O=C(NC(=S)Nc1c(Cl)ccc2nsnc12)c1cccc(Br)c1. The van der Waals surface area contributed by atoms with E-state index in [0.29, 0.717) is 27.3 Å². The van der Waals surface area contributed by atoms with Gasteiger partial charge in [-0.1, -0.05) is 33.6 Å². The average Bonchev–Trinajstić information content (AvgIpc) is 2.99. The first-order valence-electron chi connectivity index (χ1n) is 6.33. The molecule has 0 atom stereocenters. The zero-order valence-corrected chi connectivity index (χ0v) is 15.3. The highest BCUT2D eigenvalue weighted by atomic mass is 79.9. The minimum absolute atomic E-state index is 0.136. The fourth-order valence-electron chi connectivity index (χ4n) is 1.90. The summed E-state index contributed by atoms with van der Waals surface area (Å²) in [6, 6.07) is 10.5. The van der Waals surface area contributed by atoms with E-state index in [1.54, 1.807) is 30.3 Å². The fraction of sp³-hybridized carbons (Fsp3) is 0. The molecule has 0 spiro atoms. The van der Waals surface area contributed by atoms with E-state index in [0.717, 1.165) is 16.2 Å². The number of carbonyl (C=O) groups excluding carboxylic acids is 1. The molecule has 1 amide bonds. The summed E-state index contributed by atoms with van der Waals surface area (Å²) in [5, 5.41) is 6.11. The number of nitrogens with zero attached hydrogens (tertiary/aromatic N) is 2. The summed E-state index contributed by atoms with van der Waals surface area (Å²) >= 11 is 15.8. The lowest BCUT2D eigenvalue weighted by Gasteiger charge is -2.11. The maximum absolute atomic E-state index is 12.2. The van der Waals surface area contributed by atoms with E-state index < -0.39 is 0 Å². The van der Waals surface area contributed by atoms with Gasteiger partial charge < -0.3 is 5.32 Å². The van der Waals surface area contributed by atoms with E-state index >= 15 is 0 Å². The van der Waals surface area contributed by atoms with E-state index in [-0.39, 0.29) is 11.0 Å². The summed E-state index contributed by atoms with van der Waals surface area (Å²) in [5.74, 6) is -0.316. The zero-order chi connectivity index (χ0) is 16.4. The molecule has 5 nitrogen and oxygen atoms in total. The number of aromatic nitrogens is 2. The van der Waals surface area contributed by atoms with Gasteiger partial charge in [0.05, 0.1) is 22.4 Å². The normalized spacial score (nSPS) is 10.5. The highest BCUT2D eigenvalue weighted by Gasteiger charge is 2.13. The minimum atomic E-state index is -0.316. The molecule has 116 valence electrons. The molecule has 0 saturated heterocycles. The van der Waals surface area contributed by atoms with Crippen LogP contribution < -0.4 is 10.6 Å². The topological polar surface area (TPSA) is 66.9 Å². The van der Waals surface area contributed by atoms with Crippen LogP contribution in [0.5, 0.6) is 0 Å². The van der Waals surface area contributed by atoms with Crippen LogP contribution in [-0.4, -0.2) is 19.8 Å². The summed E-state index contributed by atoms with van der Waals surface area (Å²) in [4.78, 5) is 12.2. The number of amides is 1. The second kappa shape index (κ2) is 6.88. The second-order valence-corrected chi connectivity index (χ2v) is 6.73. The van der Waals surface area contributed by atoms with Crippen molar-refractivity contribution in [1.29, 1.82) is 0 Å². The summed E-state index contributed by atoms with van der Waals surface area (Å²) in [6.07, 6.45) is 0. The summed E-state index contributed by atoms with van der Waals surface area (Å²) in [7, 11) is 0. The van der Waals surface area contributed by atoms with Crippen LogP contribution in [0.1, 0.15) is 10.4 Å². The Bertz CT molecular complexity index is 915. The van der Waals surface area contributed by atoms with Gasteiger partial charge in [-0.2, -0.15) is 8.75 Å². The molecule has 2 N–H and O–H groups in total. The number of halogens is 2. The average molecular weight is 428 g/mol. The molecule has 0 aliphatic rings. The molecule has 0 saturated carbocycles. The Morgan fingerprint density at radius 2 is 2.09 bits per heavy atom. The molecule has 0 bridgehead atoms. The van der Waals surface area contributed by atoms with Crippen molar-refractivity contribution in [1.82, 2.24) is 14.1 Å². The molecule has 0 aliphatic carbocycles. The largest absolute Gasteiger partial charge is 0.329 e. The molecular weight excluding hydrogens is 420 g/mol. The van der Waals surface area contributed by atoms with Gasteiger partial charge >= 0.3 is 0 Å². The van der Waals surface area contributed by atoms with Crippen molar-refractivity contribution >= 4 is 79.2 Å². The van der Waals surface area contributed by atoms with Crippen LogP contribution in [0.25, 0.3) is 11.0 Å². The van der Waals surface area contributed by atoms with Crippen LogP contribution in [0.3, 0.4) is 0 Å². The summed E-state index contributed by atoms with van der Waals surface area (Å²) in [6.45, 7) is 0. The van der Waals surface area contributed by atoms with Crippen LogP contribution in [0, 0.1) is 0 Å². The molecule has 1 heterocycles. The smallest absolute Gasteiger partial charge is 0.257 e. The maximum atomic E-state index is 12.2. The van der Waals surface area contributed by atoms with Gasteiger partial charge in [0, 0.05) is 10.0 Å². The number of thiocarbonyl (C=S) groups is 1. The van der Waals surface area contributed by atoms with Crippen molar-refractivity contribution in [2.45, 2.75) is 0 Å². The van der Waals surface area contributed by atoms with Gasteiger partial charge in [-0.15, -0.1) is 0 Å². The van der Waals surface area contributed by atoms with Crippen LogP contribution in [0.4, 0.5) is 5.69 Å². The monoisotopic (exact) mass is 426 g/mol. The predicted molar refractivity (Wildman–Crippen MR) is 100 cm³/mol. The molecule has 0 radical (unpaired) electrons. The van der Waals surface area contributed by atoms with Crippen molar-refractivity contribution in [3.63, 3.8) is 0 Å². The number of hydrogen-bond acceptors (Lipinski definition) is 5. The number of carbonyl (C=O) groups is 1. The van der Waals surface area contributed by atoms with E-state index in [2.05, 4.69) is 35.3 Å². The third-order valence-electron chi connectivity index (χ3n) is 2.93. The number of nitrogens with one attached hydrogen (secondary N) is 2. The summed E-state index contributed by atoms with van der Waals surface area (Å²) < 4.78 is 9.14. The number of benzene rings is 2. The van der Waals surface area contributed by atoms with Crippen molar-refractivity contribution in [3.05, 3.63) is 51.5 Å². The molecular formula is C14H8BrClN4OS2. The van der Waals surface area contributed by atoms with Crippen LogP contribution in [0.2, 0.25) is 5.02 Å². The standard InChI is InChI=1S/C14H8BrClN4OS2/c15-8-3-1-2-7(6-8)13(21)18-14(22)17-11-9(16)4-5-10-12(11)20-23-19-10/h1-6H,(H2,17,18,21,22). The summed E-state index contributed by atoms with van der Waals surface area (Å²) in [5.41, 5.74) is 2.34. The van der Waals surface area contributed by atoms with Gasteiger partial charge in [0.1, 0.15) is 11.0 Å². The molecule has 9 heteroatoms. The van der Waals surface area contributed by atoms with Gasteiger partial charge in [-0.05, 0) is 42.5 Å². The molecule has 0 aliphatic heterocycles. The van der Waals surface area contributed by atoms with Gasteiger partial charge in [-0.25, -0.2) is 0 Å². The second-order valence-electron chi connectivity index (χ2n) is 4.47. The minimum Gasteiger partial charge on any atom is -0.329 e. The van der Waals surface area contributed by atoms with Crippen LogP contribution in [-0.2, 0) is 0 Å². The van der Waals surface area contributed by atoms with E-state index in [9.17, 15) is 4.79 Å². The molecule has 0 unspecified atom stereocenters. The van der Waals surface area contributed by atoms with E-state index in [1.165, 1.54) is 0 Å². The Hall–Kier alpha value is -1.61. The zero-order valence-electron chi connectivity index (χ0n) is 11.3. The Kier molecular flexibility index (Phi) is 4.86. The lowest BCUT2D eigenvalue weighted by Crippen LogP contribution is -2.34. The number of rotatable bonds is 2. The molecule has 23 heavy (non-hydrogen) atoms. The van der Waals surface area contributed by atoms with Crippen molar-refractivity contribution in [2.24, 2.45) is 0 Å². The number of hydrogen-bond donors (Lipinski definition) is 2. The third kappa shape index (κ3) is 3.66. The van der Waals surface area contributed by atoms with E-state index in [4.69, 9.17) is 23.8 Å². The van der Waals surface area contributed by atoms with Gasteiger partial charge in [0.15, 0.2) is 5.11 Å². The molecule has 2 aromatic carbocycles. The number of fused-ring (bicyclic) bond motifs is 1. The van der Waals surface area contributed by atoms with Gasteiger partial charge in [0.2, 0.25) is 0 Å². The van der Waals surface area contributed by atoms with Gasteiger partial charge in [-0.3, -0.25) is 10.1 Å². The fourth-order valence-corrected chi connectivity index (χ4v) is 3.23. The highest BCUT2D eigenvalue weighted by Crippen LogP contribution is 2.29. The first kappa shape index (κ1) is 16.3. The van der Waals surface area contributed by atoms with E-state index in [1.807, 2.05) is 6.07 Å². The lowest BCUT2D eigenvalue weighted by atomic mass is 10.2. The maximum Gasteiger partial charge on any atom is 0.257 e. The quantitative estimate of drug-likeness (QED) is 0.599. The van der Waals surface area contributed by atoms with Crippen molar-refractivity contribution in [2.75, 3.05) is 5.32 Å². The molecule has 3 rings (SSSR count). The Labute approximate surface area is 154 Å². The third-order valence-corrected chi connectivity index (χ3v) is 4.48. The van der Waals surface area contributed by atoms with Crippen LogP contribution in [0.15, 0.2) is 40.9 Å². The predicted octanol–water partition coefficient (Wildman–Crippen LogP) is 4.23. The first-order valence-corrected chi connectivity index (χ1v) is 8.64. The first-order chi connectivity index (χ1) is 11.0. The molecule has 1 aromatic heterocycles. The molecule has 0 fully saturated rings. The molecule has 3 aromatic rings. The lowest BCUT2D eigenvalue weighted by molar-refractivity contribution is 0.0977. The Morgan fingerprint density at radius 1 is 1.26 bits per heavy atom. The van der Waals surface area contributed by atoms with Crippen molar-refractivity contribution < 1.29 is 4.79 Å². The number of anilines is 1. The Balaban J connectivity index is 1.77. The van der Waals surface area contributed by atoms with Crippen LogP contribution >= 0.6 is 51.5 Å². The van der Waals surface area contributed by atoms with Gasteiger partial charge in [0.25, 0.3) is 5.91 Å². The Morgan fingerprint density at radius 3 is 2.87 bits per heavy atom.